The Balaban J connectivity index is 1.98. The van der Waals surface area contributed by atoms with E-state index in [1.165, 1.54) is 0 Å². The highest BCUT2D eigenvalue weighted by Crippen LogP contribution is 2.36. The lowest BCUT2D eigenvalue weighted by molar-refractivity contribution is 0.330. The van der Waals surface area contributed by atoms with E-state index >= 15 is 0 Å². The van der Waals surface area contributed by atoms with Crippen LogP contribution >= 0.6 is 0 Å². The SMILES string of the molecule is CC/C=C\C=C/CCN(C)Cc1cnc(-c2cccc(OC)c2OC)[nH]1. The van der Waals surface area contributed by atoms with Gasteiger partial charge in [0.1, 0.15) is 5.82 Å². The van der Waals surface area contributed by atoms with Crippen molar-refractivity contribution in [3.8, 4) is 22.9 Å². The summed E-state index contributed by atoms with van der Waals surface area (Å²) in [4.78, 5) is 10.2. The first-order valence-electron chi connectivity index (χ1n) is 8.95. The highest BCUT2D eigenvalue weighted by atomic mass is 16.5. The van der Waals surface area contributed by atoms with Crippen LogP contribution < -0.4 is 9.47 Å². The molecule has 2 aromatic rings. The minimum atomic E-state index is 0.689. The van der Waals surface area contributed by atoms with Gasteiger partial charge in [0.25, 0.3) is 0 Å². The molecule has 1 aromatic carbocycles. The van der Waals surface area contributed by atoms with Crippen molar-refractivity contribution in [3.63, 3.8) is 0 Å². The standard InChI is InChI=1S/C21H29N3O2/c1-5-6-7-8-9-10-14-24(2)16-17-15-22-21(23-17)18-12-11-13-19(25-3)20(18)26-4/h6-9,11-13,15H,5,10,14,16H2,1-4H3,(H,22,23)/b7-6-,9-8-. The largest absolute Gasteiger partial charge is 0.493 e. The van der Waals surface area contributed by atoms with Gasteiger partial charge in [0.15, 0.2) is 11.5 Å². The Hall–Kier alpha value is -2.53. The Morgan fingerprint density at radius 1 is 1.15 bits per heavy atom. The molecule has 0 fully saturated rings. The maximum Gasteiger partial charge on any atom is 0.171 e. The van der Waals surface area contributed by atoms with E-state index in [1.807, 2.05) is 24.4 Å². The van der Waals surface area contributed by atoms with Gasteiger partial charge in [-0.1, -0.05) is 37.3 Å². The number of nitrogens with one attached hydrogen (secondary N) is 1. The number of methoxy groups -OCH3 is 2. The summed E-state index contributed by atoms with van der Waals surface area (Å²) in [6.45, 7) is 3.95. The molecule has 2 rings (SSSR count). The van der Waals surface area contributed by atoms with E-state index in [0.717, 1.165) is 43.0 Å². The number of aromatic nitrogens is 2. The van der Waals surface area contributed by atoms with Crippen LogP contribution in [0.15, 0.2) is 48.7 Å². The van der Waals surface area contributed by atoms with Crippen LogP contribution in [0, 0.1) is 0 Å². The predicted octanol–water partition coefficient (Wildman–Crippen LogP) is 4.44. The van der Waals surface area contributed by atoms with Crippen molar-refractivity contribution in [2.75, 3.05) is 27.8 Å². The summed E-state index contributed by atoms with van der Waals surface area (Å²) >= 11 is 0. The maximum absolute atomic E-state index is 5.50. The zero-order valence-electron chi connectivity index (χ0n) is 16.2. The average molecular weight is 355 g/mol. The zero-order valence-corrected chi connectivity index (χ0v) is 16.2. The van der Waals surface area contributed by atoms with E-state index in [4.69, 9.17) is 9.47 Å². The molecule has 1 heterocycles. The number of hydrogen-bond donors (Lipinski definition) is 1. The molecule has 1 aromatic heterocycles. The van der Waals surface area contributed by atoms with E-state index in [9.17, 15) is 0 Å². The smallest absolute Gasteiger partial charge is 0.171 e. The average Bonchev–Trinajstić information content (AvgIpc) is 3.11. The van der Waals surface area contributed by atoms with Crippen molar-refractivity contribution in [2.24, 2.45) is 0 Å². The Morgan fingerprint density at radius 2 is 1.96 bits per heavy atom. The van der Waals surface area contributed by atoms with Gasteiger partial charge in [-0.15, -0.1) is 0 Å². The summed E-state index contributed by atoms with van der Waals surface area (Å²) in [6, 6.07) is 5.79. The Labute approximate surface area is 156 Å². The minimum absolute atomic E-state index is 0.689. The van der Waals surface area contributed by atoms with Crippen LogP contribution in [0.3, 0.4) is 0 Å². The fraction of sp³-hybridized carbons (Fsp3) is 0.381. The number of para-hydroxylation sites is 1. The van der Waals surface area contributed by atoms with Crippen LogP contribution in [-0.4, -0.2) is 42.7 Å². The molecule has 0 aliphatic carbocycles. The summed E-state index contributed by atoms with van der Waals surface area (Å²) in [7, 11) is 5.39. The number of rotatable bonds is 10. The molecule has 5 nitrogen and oxygen atoms in total. The monoisotopic (exact) mass is 355 g/mol. The van der Waals surface area contributed by atoms with Crippen molar-refractivity contribution in [2.45, 2.75) is 26.3 Å². The lowest BCUT2D eigenvalue weighted by Gasteiger charge is -2.14. The molecule has 0 unspecified atom stereocenters. The van der Waals surface area contributed by atoms with Gasteiger partial charge in [-0.2, -0.15) is 0 Å². The second-order valence-corrected chi connectivity index (χ2v) is 6.09. The molecular weight excluding hydrogens is 326 g/mol. The number of H-pyrrole nitrogens is 1. The molecule has 26 heavy (non-hydrogen) atoms. The molecule has 1 N–H and O–H groups in total. The molecule has 0 bridgehead atoms. The Kier molecular flexibility index (Phi) is 7.96. The topological polar surface area (TPSA) is 50.4 Å². The first kappa shape index (κ1) is 19.8. The van der Waals surface area contributed by atoms with Crippen molar-refractivity contribution >= 4 is 0 Å². The molecule has 0 aliphatic heterocycles. The lowest BCUT2D eigenvalue weighted by Crippen LogP contribution is -2.18. The van der Waals surface area contributed by atoms with Crippen LogP contribution in [0.2, 0.25) is 0 Å². The fourth-order valence-corrected chi connectivity index (χ4v) is 2.70. The van der Waals surface area contributed by atoms with Crippen molar-refractivity contribution in [1.29, 1.82) is 0 Å². The maximum atomic E-state index is 5.50. The fourth-order valence-electron chi connectivity index (χ4n) is 2.70. The Morgan fingerprint density at radius 3 is 2.69 bits per heavy atom. The van der Waals surface area contributed by atoms with E-state index in [0.29, 0.717) is 11.5 Å². The molecule has 0 radical (unpaired) electrons. The normalized spacial score (nSPS) is 11.7. The van der Waals surface area contributed by atoms with Gasteiger partial charge in [-0.05, 0) is 32.0 Å². The van der Waals surface area contributed by atoms with Gasteiger partial charge >= 0.3 is 0 Å². The molecule has 0 aliphatic rings. The Bertz CT molecular complexity index is 735. The first-order chi connectivity index (χ1) is 12.7. The summed E-state index contributed by atoms with van der Waals surface area (Å²) < 4.78 is 10.9. The van der Waals surface area contributed by atoms with E-state index < -0.39 is 0 Å². The van der Waals surface area contributed by atoms with E-state index in [1.54, 1.807) is 14.2 Å². The van der Waals surface area contributed by atoms with Crippen molar-refractivity contribution in [3.05, 3.63) is 54.4 Å². The quantitative estimate of drug-likeness (QED) is 0.640. The number of nitrogens with zero attached hydrogens (tertiary/aromatic N) is 2. The summed E-state index contributed by atoms with van der Waals surface area (Å²) in [5.41, 5.74) is 1.97. The highest BCUT2D eigenvalue weighted by Gasteiger charge is 2.14. The third-order valence-electron chi connectivity index (χ3n) is 4.02. The van der Waals surface area contributed by atoms with E-state index in [-0.39, 0.29) is 0 Å². The van der Waals surface area contributed by atoms with Crippen molar-refractivity contribution < 1.29 is 9.47 Å². The number of ether oxygens (including phenoxy) is 2. The van der Waals surface area contributed by atoms with Crippen LogP contribution in [0.5, 0.6) is 11.5 Å². The van der Waals surface area contributed by atoms with Gasteiger partial charge in [-0.3, -0.25) is 0 Å². The molecule has 0 spiro atoms. The van der Waals surface area contributed by atoms with Gasteiger partial charge in [0, 0.05) is 25.0 Å². The summed E-state index contributed by atoms with van der Waals surface area (Å²) in [5.74, 6) is 2.17. The molecular formula is C21H29N3O2. The van der Waals surface area contributed by atoms with Crippen LogP contribution in [-0.2, 0) is 6.54 Å². The summed E-state index contributed by atoms with van der Waals surface area (Å²) in [6.07, 6.45) is 12.5. The van der Waals surface area contributed by atoms with Gasteiger partial charge < -0.3 is 19.4 Å². The lowest BCUT2D eigenvalue weighted by atomic mass is 10.1. The second-order valence-electron chi connectivity index (χ2n) is 6.09. The number of aromatic amines is 1. The summed E-state index contributed by atoms with van der Waals surface area (Å²) in [5, 5.41) is 0. The zero-order chi connectivity index (χ0) is 18.8. The predicted molar refractivity (Wildman–Crippen MR) is 107 cm³/mol. The minimum Gasteiger partial charge on any atom is -0.493 e. The third kappa shape index (κ3) is 5.49. The molecule has 5 heteroatoms. The first-order valence-corrected chi connectivity index (χ1v) is 8.95. The number of hydrogen-bond acceptors (Lipinski definition) is 4. The molecule has 0 saturated carbocycles. The third-order valence-corrected chi connectivity index (χ3v) is 4.02. The number of benzene rings is 1. The number of allylic oxidation sites excluding steroid dienone is 3. The van der Waals surface area contributed by atoms with Crippen molar-refractivity contribution in [1.82, 2.24) is 14.9 Å². The molecule has 0 atom stereocenters. The van der Waals surface area contributed by atoms with Crippen LogP contribution in [0.4, 0.5) is 0 Å². The van der Waals surface area contributed by atoms with Crippen LogP contribution in [0.25, 0.3) is 11.4 Å². The number of imidazole rings is 1. The van der Waals surface area contributed by atoms with Crippen LogP contribution in [0.1, 0.15) is 25.5 Å². The molecule has 0 saturated heterocycles. The van der Waals surface area contributed by atoms with Gasteiger partial charge in [0.2, 0.25) is 0 Å². The second kappa shape index (κ2) is 10.5. The van der Waals surface area contributed by atoms with Gasteiger partial charge in [-0.25, -0.2) is 4.98 Å². The van der Waals surface area contributed by atoms with Gasteiger partial charge in [0.05, 0.1) is 19.8 Å². The molecule has 140 valence electrons. The highest BCUT2D eigenvalue weighted by molar-refractivity contribution is 5.68. The van der Waals surface area contributed by atoms with E-state index in [2.05, 4.69) is 53.1 Å². The molecule has 0 amide bonds.